The largest absolute Gasteiger partial charge is 0.334 e. The SMILES string of the molecule is Cc1ccc(N2CC(NC(=O)NC(C)(C)C)CC2=O)cc1C. The van der Waals surface area contributed by atoms with Gasteiger partial charge in [0.1, 0.15) is 0 Å². The Kier molecular flexibility index (Phi) is 4.44. The lowest BCUT2D eigenvalue weighted by Crippen LogP contribution is -2.50. The maximum absolute atomic E-state index is 12.2. The molecule has 2 rings (SSSR count). The minimum Gasteiger partial charge on any atom is -0.334 e. The molecule has 1 atom stereocenters. The predicted molar refractivity (Wildman–Crippen MR) is 88.1 cm³/mol. The first kappa shape index (κ1) is 16.3. The van der Waals surface area contributed by atoms with Gasteiger partial charge in [-0.2, -0.15) is 0 Å². The van der Waals surface area contributed by atoms with Crippen molar-refractivity contribution >= 4 is 17.6 Å². The fraction of sp³-hybridized carbons (Fsp3) is 0.529. The fourth-order valence-corrected chi connectivity index (χ4v) is 2.51. The second-order valence-electron chi connectivity index (χ2n) is 7.02. The number of hydrogen-bond donors (Lipinski definition) is 2. The first-order chi connectivity index (χ1) is 10.2. The van der Waals surface area contributed by atoms with Crippen LogP contribution in [0.4, 0.5) is 10.5 Å². The summed E-state index contributed by atoms with van der Waals surface area (Å²) in [6.45, 7) is 10.4. The third kappa shape index (κ3) is 4.00. The number of nitrogens with zero attached hydrogens (tertiary/aromatic N) is 1. The summed E-state index contributed by atoms with van der Waals surface area (Å²) in [5.74, 6) is 0.0457. The molecular formula is C17H25N3O2. The van der Waals surface area contributed by atoms with Gasteiger partial charge in [0.05, 0.1) is 6.04 Å². The van der Waals surface area contributed by atoms with Gasteiger partial charge in [0.2, 0.25) is 5.91 Å². The molecule has 0 radical (unpaired) electrons. The number of aryl methyl sites for hydroxylation is 2. The van der Waals surface area contributed by atoms with Gasteiger partial charge in [-0.3, -0.25) is 4.79 Å². The molecule has 120 valence electrons. The van der Waals surface area contributed by atoms with Crippen LogP contribution in [0.3, 0.4) is 0 Å². The van der Waals surface area contributed by atoms with Crippen LogP contribution in [0.2, 0.25) is 0 Å². The molecular weight excluding hydrogens is 278 g/mol. The molecule has 22 heavy (non-hydrogen) atoms. The Morgan fingerprint density at radius 2 is 1.91 bits per heavy atom. The third-order valence-electron chi connectivity index (χ3n) is 3.75. The second-order valence-corrected chi connectivity index (χ2v) is 7.02. The van der Waals surface area contributed by atoms with Crippen molar-refractivity contribution in [2.24, 2.45) is 0 Å². The van der Waals surface area contributed by atoms with E-state index in [0.717, 1.165) is 11.3 Å². The highest BCUT2D eigenvalue weighted by Crippen LogP contribution is 2.24. The Hall–Kier alpha value is -2.04. The van der Waals surface area contributed by atoms with Gasteiger partial charge in [0.25, 0.3) is 0 Å². The average Bonchev–Trinajstić information content (AvgIpc) is 2.71. The van der Waals surface area contributed by atoms with E-state index in [0.29, 0.717) is 13.0 Å². The van der Waals surface area contributed by atoms with Crippen LogP contribution in [0.1, 0.15) is 38.3 Å². The fourth-order valence-electron chi connectivity index (χ4n) is 2.51. The Balaban J connectivity index is 2.01. The molecule has 0 aliphatic carbocycles. The van der Waals surface area contributed by atoms with Crippen LogP contribution in [0.15, 0.2) is 18.2 Å². The maximum atomic E-state index is 12.2. The second kappa shape index (κ2) is 5.99. The van der Waals surface area contributed by atoms with Crippen molar-refractivity contribution in [1.29, 1.82) is 0 Å². The van der Waals surface area contributed by atoms with E-state index < -0.39 is 0 Å². The van der Waals surface area contributed by atoms with Gasteiger partial charge in [0, 0.05) is 24.2 Å². The maximum Gasteiger partial charge on any atom is 0.315 e. The van der Waals surface area contributed by atoms with Gasteiger partial charge in [-0.1, -0.05) is 6.07 Å². The van der Waals surface area contributed by atoms with E-state index in [2.05, 4.69) is 10.6 Å². The first-order valence-electron chi connectivity index (χ1n) is 7.62. The van der Waals surface area contributed by atoms with E-state index in [1.165, 1.54) is 5.56 Å². The van der Waals surface area contributed by atoms with Crippen LogP contribution < -0.4 is 15.5 Å². The van der Waals surface area contributed by atoms with E-state index in [-0.39, 0.29) is 23.5 Å². The molecule has 0 spiro atoms. The summed E-state index contributed by atoms with van der Waals surface area (Å²) in [6.07, 6.45) is 0.338. The molecule has 1 aromatic rings. The molecule has 1 fully saturated rings. The summed E-state index contributed by atoms with van der Waals surface area (Å²) in [5.41, 5.74) is 2.97. The smallest absolute Gasteiger partial charge is 0.315 e. The van der Waals surface area contributed by atoms with Gasteiger partial charge in [-0.25, -0.2) is 4.79 Å². The van der Waals surface area contributed by atoms with Crippen molar-refractivity contribution in [3.05, 3.63) is 29.3 Å². The van der Waals surface area contributed by atoms with Crippen molar-refractivity contribution in [2.75, 3.05) is 11.4 Å². The lowest BCUT2D eigenvalue weighted by Gasteiger charge is -2.23. The number of nitrogens with one attached hydrogen (secondary N) is 2. The zero-order valence-electron chi connectivity index (χ0n) is 14.0. The van der Waals surface area contributed by atoms with Crippen LogP contribution in [0, 0.1) is 13.8 Å². The molecule has 1 unspecified atom stereocenters. The van der Waals surface area contributed by atoms with Gasteiger partial charge >= 0.3 is 6.03 Å². The summed E-state index contributed by atoms with van der Waals surface area (Å²) >= 11 is 0. The molecule has 2 N–H and O–H groups in total. The van der Waals surface area contributed by atoms with Crippen molar-refractivity contribution in [3.63, 3.8) is 0 Å². The van der Waals surface area contributed by atoms with E-state index in [4.69, 9.17) is 0 Å². The van der Waals surface area contributed by atoms with E-state index >= 15 is 0 Å². The summed E-state index contributed by atoms with van der Waals surface area (Å²) in [4.78, 5) is 25.9. The topological polar surface area (TPSA) is 61.4 Å². The quantitative estimate of drug-likeness (QED) is 0.882. The normalized spacial score (nSPS) is 18.5. The van der Waals surface area contributed by atoms with E-state index in [1.807, 2.05) is 52.8 Å². The summed E-state index contributed by atoms with van der Waals surface area (Å²) in [6, 6.07) is 5.61. The number of anilines is 1. The summed E-state index contributed by atoms with van der Waals surface area (Å²) in [5, 5.41) is 5.73. The van der Waals surface area contributed by atoms with Crippen LogP contribution in [-0.4, -0.2) is 30.1 Å². The molecule has 1 saturated heterocycles. The predicted octanol–water partition coefficient (Wildman–Crippen LogP) is 2.51. The average molecular weight is 303 g/mol. The van der Waals surface area contributed by atoms with Crippen LogP contribution >= 0.6 is 0 Å². The summed E-state index contributed by atoms with van der Waals surface area (Å²) < 4.78 is 0. The summed E-state index contributed by atoms with van der Waals surface area (Å²) in [7, 11) is 0. The van der Waals surface area contributed by atoms with Crippen LogP contribution in [0.25, 0.3) is 0 Å². The highest BCUT2D eigenvalue weighted by Gasteiger charge is 2.32. The van der Waals surface area contributed by atoms with E-state index in [9.17, 15) is 9.59 Å². The molecule has 0 saturated carbocycles. The minimum atomic E-state index is -0.291. The number of hydrogen-bond acceptors (Lipinski definition) is 2. The number of benzene rings is 1. The molecule has 1 heterocycles. The number of amides is 3. The van der Waals surface area contributed by atoms with E-state index in [1.54, 1.807) is 4.90 Å². The van der Waals surface area contributed by atoms with Crippen LogP contribution in [-0.2, 0) is 4.79 Å². The third-order valence-corrected chi connectivity index (χ3v) is 3.75. The number of urea groups is 1. The Morgan fingerprint density at radius 3 is 2.50 bits per heavy atom. The Bertz CT molecular complexity index is 590. The Morgan fingerprint density at radius 1 is 1.23 bits per heavy atom. The standard InChI is InChI=1S/C17H25N3O2/c1-11-6-7-14(8-12(11)2)20-10-13(9-15(20)21)18-16(22)19-17(3,4)5/h6-8,13H,9-10H2,1-5H3,(H2,18,19,22). The number of carbonyl (C=O) groups is 2. The lowest BCUT2D eigenvalue weighted by atomic mass is 10.1. The Labute approximate surface area is 132 Å². The highest BCUT2D eigenvalue weighted by atomic mass is 16.2. The molecule has 0 aromatic heterocycles. The molecule has 5 heteroatoms. The van der Waals surface area contributed by atoms with Gasteiger partial charge < -0.3 is 15.5 Å². The van der Waals surface area contributed by atoms with Gasteiger partial charge in [0.15, 0.2) is 0 Å². The van der Waals surface area contributed by atoms with Crippen LogP contribution in [0.5, 0.6) is 0 Å². The lowest BCUT2D eigenvalue weighted by molar-refractivity contribution is -0.117. The van der Waals surface area contributed by atoms with Crippen molar-refractivity contribution in [2.45, 2.75) is 52.6 Å². The molecule has 1 aliphatic rings. The molecule has 5 nitrogen and oxygen atoms in total. The molecule has 1 aromatic carbocycles. The minimum absolute atomic E-state index is 0.0457. The van der Waals surface area contributed by atoms with Crippen molar-refractivity contribution in [3.8, 4) is 0 Å². The van der Waals surface area contributed by atoms with Gasteiger partial charge in [-0.15, -0.1) is 0 Å². The highest BCUT2D eigenvalue weighted by molar-refractivity contribution is 5.97. The zero-order valence-corrected chi connectivity index (χ0v) is 14.0. The first-order valence-corrected chi connectivity index (χ1v) is 7.62. The molecule has 0 bridgehead atoms. The number of carbonyl (C=O) groups excluding carboxylic acids is 2. The molecule has 3 amide bonds. The van der Waals surface area contributed by atoms with Crippen molar-refractivity contribution < 1.29 is 9.59 Å². The van der Waals surface area contributed by atoms with Crippen molar-refractivity contribution in [1.82, 2.24) is 10.6 Å². The molecule has 1 aliphatic heterocycles. The monoisotopic (exact) mass is 303 g/mol. The number of rotatable bonds is 2. The zero-order chi connectivity index (χ0) is 16.5. The van der Waals surface area contributed by atoms with Gasteiger partial charge in [-0.05, 0) is 57.9 Å².